The first-order chi connectivity index (χ1) is 13.0. The number of rotatable bonds is 7. The first-order valence-corrected chi connectivity index (χ1v) is 8.87. The number of carbonyl (C=O) groups is 1. The molecular weight excluding hydrogens is 344 g/mol. The number of aryl methyl sites for hydroxylation is 2. The number of carbonyl (C=O) groups excluding carboxylic acids is 1. The minimum atomic E-state index is -0.0937. The van der Waals surface area contributed by atoms with Crippen LogP contribution in [-0.2, 0) is 17.9 Å². The third-order valence-corrected chi connectivity index (χ3v) is 4.27. The molecule has 0 spiro atoms. The van der Waals surface area contributed by atoms with E-state index in [-0.39, 0.29) is 12.5 Å². The second-order valence-corrected chi connectivity index (χ2v) is 6.48. The van der Waals surface area contributed by atoms with E-state index >= 15 is 0 Å². The molecule has 0 atom stereocenters. The van der Waals surface area contributed by atoms with Crippen LogP contribution < -0.4 is 5.32 Å². The van der Waals surface area contributed by atoms with Gasteiger partial charge in [-0.25, -0.2) is 0 Å². The second kappa shape index (κ2) is 8.13. The molecule has 0 aliphatic carbocycles. The van der Waals surface area contributed by atoms with E-state index in [1.165, 1.54) is 0 Å². The van der Waals surface area contributed by atoms with Gasteiger partial charge in [-0.15, -0.1) is 0 Å². The number of anilines is 1. The van der Waals surface area contributed by atoms with Crippen LogP contribution >= 0.6 is 0 Å². The summed E-state index contributed by atoms with van der Waals surface area (Å²) in [5.74, 6) is 0.584. The zero-order chi connectivity index (χ0) is 19.4. The van der Waals surface area contributed by atoms with E-state index in [1.807, 2.05) is 61.7 Å². The molecule has 8 heteroatoms. The maximum Gasteiger partial charge on any atom is 0.238 e. The molecule has 0 aliphatic heterocycles. The Morgan fingerprint density at radius 2 is 2.11 bits per heavy atom. The number of aromatic nitrogens is 4. The number of nitrogens with zero attached hydrogens (tertiary/aromatic N) is 5. The number of likely N-dealkylation sites (N-methyl/N-ethyl adjacent to an activating group) is 1. The molecule has 3 aromatic heterocycles. The Kier molecular flexibility index (Phi) is 5.66. The number of amides is 1. The Bertz CT molecular complexity index is 916. The lowest BCUT2D eigenvalue weighted by Crippen LogP contribution is -2.30. The molecule has 0 aliphatic rings. The monoisotopic (exact) mass is 368 g/mol. The van der Waals surface area contributed by atoms with Crippen LogP contribution in [0.5, 0.6) is 0 Å². The molecule has 3 aromatic rings. The molecule has 0 aromatic carbocycles. The Hall–Kier alpha value is -3.00. The summed E-state index contributed by atoms with van der Waals surface area (Å²) in [6.45, 7) is 7.35. The molecule has 27 heavy (non-hydrogen) atoms. The van der Waals surface area contributed by atoms with Crippen LogP contribution in [0, 0.1) is 13.8 Å². The molecule has 8 nitrogen and oxygen atoms in total. The Morgan fingerprint density at radius 3 is 2.78 bits per heavy atom. The molecule has 1 amide bonds. The summed E-state index contributed by atoms with van der Waals surface area (Å²) in [5.41, 5.74) is 4.00. The highest BCUT2D eigenvalue weighted by Gasteiger charge is 2.16. The number of nitrogens with one attached hydrogen (secondary N) is 1. The summed E-state index contributed by atoms with van der Waals surface area (Å²) in [6, 6.07) is 7.47. The lowest BCUT2D eigenvalue weighted by atomic mass is 10.2. The summed E-state index contributed by atoms with van der Waals surface area (Å²) >= 11 is 0. The van der Waals surface area contributed by atoms with Crippen molar-refractivity contribution in [1.82, 2.24) is 24.8 Å². The fourth-order valence-electron chi connectivity index (χ4n) is 2.95. The van der Waals surface area contributed by atoms with Gasteiger partial charge >= 0.3 is 0 Å². The zero-order valence-corrected chi connectivity index (χ0v) is 16.1. The third-order valence-electron chi connectivity index (χ3n) is 4.27. The van der Waals surface area contributed by atoms with Crippen LogP contribution in [0.4, 0.5) is 5.69 Å². The molecule has 3 rings (SSSR count). The lowest BCUT2D eigenvalue weighted by molar-refractivity contribution is -0.117. The minimum Gasteiger partial charge on any atom is -0.359 e. The van der Waals surface area contributed by atoms with Crippen molar-refractivity contribution in [1.29, 1.82) is 0 Å². The van der Waals surface area contributed by atoms with Gasteiger partial charge < -0.3 is 9.84 Å². The molecule has 1 N–H and O–H groups in total. The van der Waals surface area contributed by atoms with Crippen LogP contribution in [0.2, 0.25) is 0 Å². The Morgan fingerprint density at radius 1 is 1.30 bits per heavy atom. The Balaban J connectivity index is 1.58. The molecule has 0 saturated heterocycles. The molecule has 0 unspecified atom stereocenters. The van der Waals surface area contributed by atoms with Gasteiger partial charge in [0.05, 0.1) is 35.9 Å². The number of pyridine rings is 1. The molecule has 142 valence electrons. The largest absolute Gasteiger partial charge is 0.359 e. The van der Waals surface area contributed by atoms with Crippen molar-refractivity contribution in [2.75, 3.05) is 18.9 Å². The predicted octanol–water partition coefficient (Wildman–Crippen LogP) is 2.64. The van der Waals surface area contributed by atoms with Crippen LogP contribution in [-0.4, -0.2) is 44.3 Å². The highest BCUT2D eigenvalue weighted by Crippen LogP contribution is 2.20. The van der Waals surface area contributed by atoms with Crippen molar-refractivity contribution in [3.63, 3.8) is 0 Å². The van der Waals surface area contributed by atoms with Crippen LogP contribution in [0.3, 0.4) is 0 Å². The fourth-order valence-corrected chi connectivity index (χ4v) is 2.95. The van der Waals surface area contributed by atoms with Crippen molar-refractivity contribution in [2.24, 2.45) is 0 Å². The number of hydrogen-bond acceptors (Lipinski definition) is 6. The Labute approximate surface area is 158 Å². The van der Waals surface area contributed by atoms with E-state index in [1.54, 1.807) is 6.20 Å². The van der Waals surface area contributed by atoms with E-state index < -0.39 is 0 Å². The predicted molar refractivity (Wildman–Crippen MR) is 102 cm³/mol. The minimum absolute atomic E-state index is 0.0937. The van der Waals surface area contributed by atoms with Gasteiger partial charge in [0.15, 0.2) is 5.76 Å². The average Bonchev–Trinajstić information content (AvgIpc) is 3.22. The van der Waals surface area contributed by atoms with Gasteiger partial charge in [-0.2, -0.15) is 5.10 Å². The molecule has 3 heterocycles. The average molecular weight is 368 g/mol. The summed E-state index contributed by atoms with van der Waals surface area (Å²) in [4.78, 5) is 18.5. The van der Waals surface area contributed by atoms with Gasteiger partial charge in [0.25, 0.3) is 0 Å². The van der Waals surface area contributed by atoms with E-state index in [9.17, 15) is 4.79 Å². The summed E-state index contributed by atoms with van der Waals surface area (Å²) in [6.07, 6.45) is 1.71. The highest BCUT2D eigenvalue weighted by atomic mass is 16.5. The van der Waals surface area contributed by atoms with Crippen LogP contribution in [0.15, 0.2) is 35.0 Å². The SMILES string of the molecule is CCn1nc(C)c(NC(=O)CN(C)Cc2cc(-c3ccccn3)no2)c1C. The van der Waals surface area contributed by atoms with Gasteiger partial charge in [-0.05, 0) is 40.0 Å². The quantitative estimate of drug-likeness (QED) is 0.690. The van der Waals surface area contributed by atoms with E-state index in [2.05, 4.69) is 20.6 Å². The molecule has 0 radical (unpaired) electrons. The molecule has 0 fully saturated rings. The normalized spacial score (nSPS) is 11.1. The molecule has 0 bridgehead atoms. The topological polar surface area (TPSA) is 89.1 Å². The first-order valence-electron chi connectivity index (χ1n) is 8.87. The van der Waals surface area contributed by atoms with Gasteiger partial charge in [-0.1, -0.05) is 11.2 Å². The van der Waals surface area contributed by atoms with Crippen molar-refractivity contribution in [2.45, 2.75) is 33.9 Å². The zero-order valence-electron chi connectivity index (χ0n) is 16.1. The molecular formula is C19H24N6O2. The second-order valence-electron chi connectivity index (χ2n) is 6.48. The van der Waals surface area contributed by atoms with Crippen molar-refractivity contribution in [3.05, 3.63) is 47.6 Å². The van der Waals surface area contributed by atoms with Crippen LogP contribution in [0.1, 0.15) is 24.1 Å². The van der Waals surface area contributed by atoms with Gasteiger partial charge in [0.1, 0.15) is 5.69 Å². The molecule has 0 saturated carbocycles. The van der Waals surface area contributed by atoms with Crippen molar-refractivity contribution < 1.29 is 9.32 Å². The maximum atomic E-state index is 12.4. The number of hydrogen-bond donors (Lipinski definition) is 1. The maximum absolute atomic E-state index is 12.4. The standard InChI is InChI=1S/C19H24N6O2/c1-5-25-14(3)19(13(2)22-25)21-18(26)12-24(4)11-15-10-17(23-27-15)16-8-6-7-9-20-16/h6-10H,5,11-12H2,1-4H3,(H,21,26). The lowest BCUT2D eigenvalue weighted by Gasteiger charge is -2.14. The summed E-state index contributed by atoms with van der Waals surface area (Å²) < 4.78 is 7.25. The smallest absolute Gasteiger partial charge is 0.238 e. The van der Waals surface area contributed by atoms with E-state index in [0.717, 1.165) is 29.3 Å². The fraction of sp³-hybridized carbons (Fsp3) is 0.368. The first kappa shape index (κ1) is 18.8. The van der Waals surface area contributed by atoms with Gasteiger partial charge in [-0.3, -0.25) is 19.4 Å². The van der Waals surface area contributed by atoms with Gasteiger partial charge in [0, 0.05) is 18.8 Å². The summed E-state index contributed by atoms with van der Waals surface area (Å²) in [5, 5.41) is 11.4. The van der Waals surface area contributed by atoms with Crippen molar-refractivity contribution in [3.8, 4) is 11.4 Å². The highest BCUT2D eigenvalue weighted by molar-refractivity contribution is 5.93. The van der Waals surface area contributed by atoms with Gasteiger partial charge in [0.2, 0.25) is 5.91 Å². The van der Waals surface area contributed by atoms with E-state index in [0.29, 0.717) is 18.0 Å². The van der Waals surface area contributed by atoms with Crippen molar-refractivity contribution >= 4 is 11.6 Å². The third kappa shape index (κ3) is 4.40. The van der Waals surface area contributed by atoms with E-state index in [4.69, 9.17) is 4.52 Å². The van der Waals surface area contributed by atoms with Crippen LogP contribution in [0.25, 0.3) is 11.4 Å². The summed E-state index contributed by atoms with van der Waals surface area (Å²) in [7, 11) is 1.86.